The van der Waals surface area contributed by atoms with Crippen molar-refractivity contribution in [3.63, 3.8) is 0 Å². The number of hydrogen-bond donors (Lipinski definition) is 1. The van der Waals surface area contributed by atoms with E-state index in [1.54, 1.807) is 11.0 Å². The first kappa shape index (κ1) is 22.5. The molecule has 0 aliphatic carbocycles. The zero-order valence-corrected chi connectivity index (χ0v) is 18.6. The molecule has 30 heavy (non-hydrogen) atoms. The number of likely N-dealkylation sites (tertiary alicyclic amines) is 1. The second-order valence-corrected chi connectivity index (χ2v) is 8.90. The van der Waals surface area contributed by atoms with Gasteiger partial charge in [-0.1, -0.05) is 17.7 Å². The minimum Gasteiger partial charge on any atom is -0.444 e. The standard InChI is InChI=1S/C20H24Cl2FN5O2/c1-20(2,3)30-19(29)28-8-6-13(7-9-28)24-18-26-16(25-17(22)27-18)11-12-4-5-15(23)14(21)10-12/h4-5,10,13H,6-9,11H2,1-3H3,(H,24,25,26,27). The highest BCUT2D eigenvalue weighted by molar-refractivity contribution is 6.30. The average molecular weight is 456 g/mol. The topological polar surface area (TPSA) is 80.2 Å². The Labute approximate surface area is 185 Å². The molecular weight excluding hydrogens is 432 g/mol. The molecule has 1 aliphatic heterocycles. The molecule has 2 aromatic rings. The maximum Gasteiger partial charge on any atom is 0.410 e. The molecule has 0 radical (unpaired) electrons. The van der Waals surface area contributed by atoms with Gasteiger partial charge in [0.25, 0.3) is 0 Å². The van der Waals surface area contributed by atoms with Crippen molar-refractivity contribution in [3.05, 3.63) is 45.7 Å². The Morgan fingerprint density at radius 3 is 2.57 bits per heavy atom. The molecule has 2 heterocycles. The molecule has 1 saturated heterocycles. The first-order valence-electron chi connectivity index (χ1n) is 9.68. The number of piperidine rings is 1. The largest absolute Gasteiger partial charge is 0.444 e. The van der Waals surface area contributed by atoms with Gasteiger partial charge in [-0.2, -0.15) is 9.97 Å². The first-order valence-corrected chi connectivity index (χ1v) is 10.4. The van der Waals surface area contributed by atoms with Crippen molar-refractivity contribution in [1.29, 1.82) is 0 Å². The molecule has 1 aliphatic rings. The van der Waals surface area contributed by atoms with Crippen molar-refractivity contribution in [2.75, 3.05) is 18.4 Å². The summed E-state index contributed by atoms with van der Waals surface area (Å²) in [6, 6.07) is 4.56. The number of halogens is 3. The minimum absolute atomic E-state index is 0.0442. The van der Waals surface area contributed by atoms with Gasteiger partial charge in [0.15, 0.2) is 0 Å². The molecule has 0 spiro atoms. The summed E-state index contributed by atoms with van der Waals surface area (Å²) in [6.45, 7) is 6.70. The Morgan fingerprint density at radius 1 is 1.23 bits per heavy atom. The van der Waals surface area contributed by atoms with Crippen LogP contribution in [0.3, 0.4) is 0 Å². The second-order valence-electron chi connectivity index (χ2n) is 8.16. The zero-order valence-electron chi connectivity index (χ0n) is 17.1. The van der Waals surface area contributed by atoms with Gasteiger partial charge in [-0.05, 0) is 62.9 Å². The van der Waals surface area contributed by atoms with Crippen molar-refractivity contribution < 1.29 is 13.9 Å². The molecule has 7 nitrogen and oxygen atoms in total. The van der Waals surface area contributed by atoms with Crippen molar-refractivity contribution in [2.24, 2.45) is 0 Å². The Bertz CT molecular complexity index is 915. The second kappa shape index (κ2) is 9.31. The van der Waals surface area contributed by atoms with Gasteiger partial charge in [0.1, 0.15) is 17.2 Å². The first-order chi connectivity index (χ1) is 14.1. The fourth-order valence-electron chi connectivity index (χ4n) is 3.08. The van der Waals surface area contributed by atoms with E-state index in [4.69, 9.17) is 27.9 Å². The number of nitrogens with one attached hydrogen (secondary N) is 1. The number of nitrogens with zero attached hydrogens (tertiary/aromatic N) is 4. The van der Waals surface area contributed by atoms with Gasteiger partial charge in [-0.15, -0.1) is 0 Å². The number of carbonyl (C=O) groups is 1. The molecule has 1 fully saturated rings. The number of rotatable bonds is 4. The van der Waals surface area contributed by atoms with Crippen LogP contribution in [0, 0.1) is 5.82 Å². The van der Waals surface area contributed by atoms with E-state index in [1.807, 2.05) is 20.8 Å². The van der Waals surface area contributed by atoms with E-state index in [9.17, 15) is 9.18 Å². The normalized spacial score (nSPS) is 15.2. The van der Waals surface area contributed by atoms with Crippen LogP contribution in [0.5, 0.6) is 0 Å². The summed E-state index contributed by atoms with van der Waals surface area (Å²) in [6.07, 6.45) is 1.50. The molecular formula is C20H24Cl2FN5O2. The van der Waals surface area contributed by atoms with Crippen LogP contribution in [0.2, 0.25) is 10.3 Å². The lowest BCUT2D eigenvalue weighted by Gasteiger charge is -2.33. The van der Waals surface area contributed by atoms with Crippen LogP contribution >= 0.6 is 23.2 Å². The summed E-state index contributed by atoms with van der Waals surface area (Å²) in [5, 5.41) is 3.38. The van der Waals surface area contributed by atoms with Crippen molar-refractivity contribution >= 4 is 35.2 Å². The Morgan fingerprint density at radius 2 is 1.93 bits per heavy atom. The van der Waals surface area contributed by atoms with Crippen molar-refractivity contribution in [2.45, 2.75) is 51.7 Å². The third-order valence-electron chi connectivity index (χ3n) is 4.48. The number of benzene rings is 1. The number of anilines is 1. The number of amides is 1. The summed E-state index contributed by atoms with van der Waals surface area (Å²) in [7, 11) is 0. The molecule has 3 rings (SSSR count). The van der Waals surface area contributed by atoms with Gasteiger partial charge in [0.2, 0.25) is 11.2 Å². The molecule has 0 unspecified atom stereocenters. The summed E-state index contributed by atoms with van der Waals surface area (Å²) in [4.78, 5) is 26.6. The van der Waals surface area contributed by atoms with Crippen LogP contribution in [0.25, 0.3) is 0 Å². The van der Waals surface area contributed by atoms with Gasteiger partial charge in [0.05, 0.1) is 5.02 Å². The molecule has 0 atom stereocenters. The van der Waals surface area contributed by atoms with Crippen molar-refractivity contribution in [3.8, 4) is 0 Å². The fraction of sp³-hybridized carbons (Fsp3) is 0.500. The van der Waals surface area contributed by atoms with Gasteiger partial charge in [-0.3, -0.25) is 0 Å². The monoisotopic (exact) mass is 455 g/mol. The third kappa shape index (κ3) is 6.40. The molecule has 1 aromatic carbocycles. The Hall–Kier alpha value is -2.19. The van der Waals surface area contributed by atoms with Crippen LogP contribution in [0.15, 0.2) is 18.2 Å². The number of hydrogen-bond acceptors (Lipinski definition) is 6. The number of aromatic nitrogens is 3. The van der Waals surface area contributed by atoms with Crippen LogP contribution < -0.4 is 5.32 Å². The lowest BCUT2D eigenvalue weighted by atomic mass is 10.1. The summed E-state index contributed by atoms with van der Waals surface area (Å²) in [5.41, 5.74) is 0.249. The molecule has 0 bridgehead atoms. The van der Waals surface area contributed by atoms with E-state index < -0.39 is 11.4 Å². The van der Waals surface area contributed by atoms with Crippen LogP contribution in [0.4, 0.5) is 15.1 Å². The molecule has 0 saturated carbocycles. The number of carbonyl (C=O) groups excluding carboxylic acids is 1. The maximum atomic E-state index is 13.3. The van der Waals surface area contributed by atoms with E-state index in [1.165, 1.54) is 12.1 Å². The zero-order chi connectivity index (χ0) is 21.9. The van der Waals surface area contributed by atoms with E-state index in [0.717, 1.165) is 18.4 Å². The van der Waals surface area contributed by atoms with Gasteiger partial charge in [0, 0.05) is 25.6 Å². The number of ether oxygens (including phenoxy) is 1. The highest BCUT2D eigenvalue weighted by Gasteiger charge is 2.27. The summed E-state index contributed by atoms with van der Waals surface area (Å²) >= 11 is 11.9. The van der Waals surface area contributed by atoms with E-state index in [2.05, 4.69) is 20.3 Å². The fourth-order valence-corrected chi connectivity index (χ4v) is 3.46. The lowest BCUT2D eigenvalue weighted by Crippen LogP contribution is -2.44. The van der Waals surface area contributed by atoms with Crippen LogP contribution in [-0.4, -0.2) is 50.7 Å². The molecule has 1 amide bonds. The minimum atomic E-state index is -0.515. The Balaban J connectivity index is 1.60. The Kier molecular flexibility index (Phi) is 6.98. The SMILES string of the molecule is CC(C)(C)OC(=O)N1CCC(Nc2nc(Cl)nc(Cc3ccc(F)c(Cl)c3)n2)CC1. The third-order valence-corrected chi connectivity index (χ3v) is 4.94. The molecule has 1 aromatic heterocycles. The molecule has 10 heteroatoms. The van der Waals surface area contributed by atoms with Crippen molar-refractivity contribution in [1.82, 2.24) is 19.9 Å². The predicted molar refractivity (Wildman–Crippen MR) is 114 cm³/mol. The predicted octanol–water partition coefficient (Wildman–Crippen LogP) is 4.72. The van der Waals surface area contributed by atoms with E-state index in [-0.39, 0.29) is 22.4 Å². The smallest absolute Gasteiger partial charge is 0.410 e. The average Bonchev–Trinajstić information content (AvgIpc) is 2.63. The highest BCUT2D eigenvalue weighted by atomic mass is 35.5. The van der Waals surface area contributed by atoms with Gasteiger partial charge < -0.3 is 15.0 Å². The van der Waals surface area contributed by atoms with E-state index in [0.29, 0.717) is 31.3 Å². The molecule has 162 valence electrons. The van der Waals surface area contributed by atoms with E-state index >= 15 is 0 Å². The maximum absolute atomic E-state index is 13.3. The quantitative estimate of drug-likeness (QED) is 0.717. The van der Waals surface area contributed by atoms with Crippen LogP contribution in [-0.2, 0) is 11.2 Å². The molecule has 1 N–H and O–H groups in total. The highest BCUT2D eigenvalue weighted by Crippen LogP contribution is 2.20. The van der Waals surface area contributed by atoms with Crippen LogP contribution in [0.1, 0.15) is 45.0 Å². The van der Waals surface area contributed by atoms with Gasteiger partial charge in [-0.25, -0.2) is 14.2 Å². The summed E-state index contributed by atoms with van der Waals surface area (Å²) < 4.78 is 18.8. The summed E-state index contributed by atoms with van der Waals surface area (Å²) in [5.74, 6) is 0.342. The lowest BCUT2D eigenvalue weighted by molar-refractivity contribution is 0.0210. The van der Waals surface area contributed by atoms with Gasteiger partial charge >= 0.3 is 6.09 Å².